The minimum absolute atomic E-state index is 0.252. The molecule has 0 saturated carbocycles. The number of aromatic nitrogens is 7. The van der Waals surface area contributed by atoms with Crippen molar-refractivity contribution in [2.24, 2.45) is 0 Å². The Kier molecular flexibility index (Phi) is 5.94. The molecule has 1 N–H and O–H groups in total. The number of pyridine rings is 1. The SMILES string of the molecule is CC(=O)c1ccc(-n2cnc3ccc(Nc4ccc(C)nn4)cc32)nc1-c1cnn(CC(F)(F)F)c1C. The normalized spacial score (nSPS) is 11.7. The van der Waals surface area contributed by atoms with Crippen LogP contribution >= 0.6 is 0 Å². The van der Waals surface area contributed by atoms with Crippen LogP contribution in [0.1, 0.15) is 28.7 Å². The molecule has 0 amide bonds. The second kappa shape index (κ2) is 9.12. The van der Waals surface area contributed by atoms with Crippen molar-refractivity contribution >= 4 is 28.3 Å². The first-order chi connectivity index (χ1) is 17.6. The van der Waals surface area contributed by atoms with Crippen molar-refractivity contribution in [2.75, 3.05) is 5.32 Å². The van der Waals surface area contributed by atoms with E-state index in [1.165, 1.54) is 20.0 Å². The molecule has 1 aromatic carbocycles. The van der Waals surface area contributed by atoms with E-state index in [9.17, 15) is 18.0 Å². The summed E-state index contributed by atoms with van der Waals surface area (Å²) in [6.07, 6.45) is -1.53. The molecular formula is C25H21F3N8O. The summed E-state index contributed by atoms with van der Waals surface area (Å²) in [5, 5.41) is 15.2. The van der Waals surface area contributed by atoms with Gasteiger partial charge in [0.25, 0.3) is 0 Å². The standard InChI is InChI=1S/C25H21F3N8O/c1-14-4-8-22(34-33-14)31-17-5-7-20-21(10-17)35(13-29-20)23-9-6-18(16(3)37)24(32-23)19-11-30-36(15(19)2)12-25(26,27)28/h4-11,13H,12H2,1-3H3,(H,31,34). The summed E-state index contributed by atoms with van der Waals surface area (Å²) in [5.74, 6) is 0.754. The van der Waals surface area contributed by atoms with Crippen LogP contribution in [0.5, 0.6) is 0 Å². The van der Waals surface area contributed by atoms with Crippen molar-refractivity contribution in [3.63, 3.8) is 0 Å². The number of halogens is 3. The van der Waals surface area contributed by atoms with Crippen LogP contribution in [-0.4, -0.2) is 46.5 Å². The zero-order valence-corrected chi connectivity index (χ0v) is 20.1. The number of nitrogens with one attached hydrogen (secondary N) is 1. The van der Waals surface area contributed by atoms with Gasteiger partial charge in [-0.1, -0.05) is 0 Å². The van der Waals surface area contributed by atoms with Crippen molar-refractivity contribution in [1.82, 2.24) is 34.5 Å². The average Bonchev–Trinajstić information content (AvgIpc) is 3.42. The van der Waals surface area contributed by atoms with Gasteiger partial charge in [0.05, 0.1) is 28.6 Å². The van der Waals surface area contributed by atoms with Crippen molar-refractivity contribution in [1.29, 1.82) is 0 Å². The van der Waals surface area contributed by atoms with Gasteiger partial charge in [-0.3, -0.25) is 14.0 Å². The number of carbonyl (C=O) groups is 1. The van der Waals surface area contributed by atoms with Crippen molar-refractivity contribution in [3.05, 3.63) is 71.9 Å². The van der Waals surface area contributed by atoms with Crippen LogP contribution in [0, 0.1) is 13.8 Å². The van der Waals surface area contributed by atoms with Crippen molar-refractivity contribution in [2.45, 2.75) is 33.5 Å². The fraction of sp³-hybridized carbons (Fsp3) is 0.200. The van der Waals surface area contributed by atoms with Crippen LogP contribution in [0.25, 0.3) is 28.1 Å². The molecule has 0 radical (unpaired) electrons. The highest BCUT2D eigenvalue weighted by atomic mass is 19.4. The number of hydrogen-bond donors (Lipinski definition) is 1. The van der Waals surface area contributed by atoms with E-state index in [0.29, 0.717) is 22.7 Å². The molecule has 0 atom stereocenters. The van der Waals surface area contributed by atoms with E-state index in [1.807, 2.05) is 37.3 Å². The van der Waals surface area contributed by atoms with E-state index in [2.05, 4.69) is 30.6 Å². The van der Waals surface area contributed by atoms with Crippen LogP contribution in [-0.2, 0) is 6.54 Å². The number of nitrogens with zero attached hydrogens (tertiary/aromatic N) is 7. The monoisotopic (exact) mass is 506 g/mol. The van der Waals surface area contributed by atoms with Gasteiger partial charge in [0, 0.05) is 22.5 Å². The molecular weight excluding hydrogens is 485 g/mol. The summed E-state index contributed by atoms with van der Waals surface area (Å²) in [5.41, 5.74) is 4.11. The Hall–Kier alpha value is -4.61. The molecule has 0 bridgehead atoms. The lowest BCUT2D eigenvalue weighted by molar-refractivity contribution is -0.142. The van der Waals surface area contributed by atoms with Crippen LogP contribution in [0.2, 0.25) is 0 Å². The topological polar surface area (TPSA) is 103 Å². The minimum atomic E-state index is -4.43. The number of benzene rings is 1. The Morgan fingerprint density at radius 2 is 1.86 bits per heavy atom. The minimum Gasteiger partial charge on any atom is -0.339 e. The first-order valence-electron chi connectivity index (χ1n) is 11.3. The third kappa shape index (κ3) is 4.90. The van der Waals surface area contributed by atoms with E-state index in [-0.39, 0.29) is 22.7 Å². The Bertz CT molecular complexity index is 1620. The number of aryl methyl sites for hydroxylation is 1. The molecule has 0 unspecified atom stereocenters. The summed E-state index contributed by atoms with van der Waals surface area (Å²) < 4.78 is 41.5. The highest BCUT2D eigenvalue weighted by molar-refractivity contribution is 6.00. The highest BCUT2D eigenvalue weighted by Gasteiger charge is 2.30. The quantitative estimate of drug-likeness (QED) is 0.316. The predicted octanol–water partition coefficient (Wildman–Crippen LogP) is 5.20. The predicted molar refractivity (Wildman–Crippen MR) is 131 cm³/mol. The molecule has 4 heterocycles. The Morgan fingerprint density at radius 1 is 1.05 bits per heavy atom. The molecule has 0 saturated heterocycles. The molecule has 188 valence electrons. The average molecular weight is 506 g/mol. The number of imidazole rings is 1. The maximum Gasteiger partial charge on any atom is 0.408 e. The number of hydrogen-bond acceptors (Lipinski definition) is 7. The number of Topliss-reactive ketones (excluding diaryl/α,β-unsaturated/α-hetero) is 1. The zero-order valence-electron chi connectivity index (χ0n) is 20.1. The fourth-order valence-corrected chi connectivity index (χ4v) is 3.96. The number of anilines is 2. The Morgan fingerprint density at radius 3 is 2.57 bits per heavy atom. The number of alkyl halides is 3. The van der Waals surface area contributed by atoms with Gasteiger partial charge < -0.3 is 5.32 Å². The second-order valence-corrected chi connectivity index (χ2v) is 8.54. The molecule has 0 fully saturated rings. The third-order valence-electron chi connectivity index (χ3n) is 5.81. The first kappa shape index (κ1) is 24.1. The van der Waals surface area contributed by atoms with Gasteiger partial charge in [0.1, 0.15) is 18.7 Å². The molecule has 9 nitrogen and oxygen atoms in total. The molecule has 0 aliphatic rings. The lowest BCUT2D eigenvalue weighted by atomic mass is 10.0. The summed E-state index contributed by atoms with van der Waals surface area (Å²) in [7, 11) is 0. The third-order valence-corrected chi connectivity index (χ3v) is 5.81. The summed E-state index contributed by atoms with van der Waals surface area (Å²) >= 11 is 0. The number of rotatable bonds is 6. The van der Waals surface area contributed by atoms with Gasteiger partial charge in [0.15, 0.2) is 11.6 Å². The maximum absolute atomic E-state index is 13.0. The van der Waals surface area contributed by atoms with Crippen LogP contribution in [0.3, 0.4) is 0 Å². The maximum atomic E-state index is 13.0. The lowest BCUT2D eigenvalue weighted by Crippen LogP contribution is -2.19. The lowest BCUT2D eigenvalue weighted by Gasteiger charge is -2.12. The molecule has 12 heteroatoms. The van der Waals surface area contributed by atoms with Gasteiger partial charge in [-0.25, -0.2) is 9.97 Å². The van der Waals surface area contributed by atoms with Crippen LogP contribution in [0.15, 0.2) is 55.0 Å². The van der Waals surface area contributed by atoms with Crippen molar-refractivity contribution in [3.8, 4) is 17.1 Å². The highest BCUT2D eigenvalue weighted by Crippen LogP contribution is 2.30. The molecule has 0 aliphatic carbocycles. The molecule has 5 aromatic rings. The zero-order chi connectivity index (χ0) is 26.3. The molecule has 0 spiro atoms. The fourth-order valence-electron chi connectivity index (χ4n) is 3.96. The number of carbonyl (C=O) groups excluding carboxylic acids is 1. The van der Waals surface area contributed by atoms with E-state index >= 15 is 0 Å². The van der Waals surface area contributed by atoms with E-state index in [0.717, 1.165) is 21.6 Å². The van der Waals surface area contributed by atoms with Gasteiger partial charge >= 0.3 is 6.18 Å². The van der Waals surface area contributed by atoms with E-state index < -0.39 is 12.7 Å². The van der Waals surface area contributed by atoms with Gasteiger partial charge in [-0.05, 0) is 63.2 Å². The van der Waals surface area contributed by atoms with Gasteiger partial charge in [-0.2, -0.15) is 23.4 Å². The van der Waals surface area contributed by atoms with E-state index in [1.54, 1.807) is 23.0 Å². The van der Waals surface area contributed by atoms with Gasteiger partial charge in [-0.15, -0.1) is 5.10 Å². The second-order valence-electron chi connectivity index (χ2n) is 8.54. The van der Waals surface area contributed by atoms with E-state index in [4.69, 9.17) is 0 Å². The van der Waals surface area contributed by atoms with Crippen LogP contribution < -0.4 is 5.32 Å². The van der Waals surface area contributed by atoms with Gasteiger partial charge in [0.2, 0.25) is 0 Å². The van der Waals surface area contributed by atoms with Crippen LogP contribution in [0.4, 0.5) is 24.7 Å². The Labute approximate surface area is 209 Å². The largest absolute Gasteiger partial charge is 0.408 e. The summed E-state index contributed by atoms with van der Waals surface area (Å²) in [6.45, 7) is 3.52. The number of ketones is 1. The summed E-state index contributed by atoms with van der Waals surface area (Å²) in [6, 6.07) is 12.5. The molecule has 37 heavy (non-hydrogen) atoms. The smallest absolute Gasteiger partial charge is 0.339 e. The van der Waals surface area contributed by atoms with Crippen molar-refractivity contribution < 1.29 is 18.0 Å². The Balaban J connectivity index is 1.57. The number of fused-ring (bicyclic) bond motifs is 1. The molecule has 0 aliphatic heterocycles. The molecule has 5 rings (SSSR count). The first-order valence-corrected chi connectivity index (χ1v) is 11.3. The summed E-state index contributed by atoms with van der Waals surface area (Å²) in [4.78, 5) is 21.5. The molecule has 4 aromatic heterocycles.